The van der Waals surface area contributed by atoms with Crippen molar-refractivity contribution in [3.05, 3.63) is 30.1 Å². The van der Waals surface area contributed by atoms with Crippen LogP contribution in [0.3, 0.4) is 0 Å². The van der Waals surface area contributed by atoms with Gasteiger partial charge in [0.25, 0.3) is 0 Å². The first kappa shape index (κ1) is 19.5. The monoisotopic (exact) mass is 409 g/mol. The molecule has 1 N–H and O–H groups in total. The molecule has 2 aromatic rings. The van der Waals surface area contributed by atoms with Gasteiger partial charge in [0.05, 0.1) is 17.4 Å². The molecule has 3 amide bonds. The van der Waals surface area contributed by atoms with E-state index in [4.69, 9.17) is 0 Å². The normalized spacial score (nSPS) is 27.3. The number of nitrogens with zero attached hydrogens (tertiary/aromatic N) is 4. The lowest BCUT2D eigenvalue weighted by Gasteiger charge is -2.40. The number of piperidine rings is 1. The van der Waals surface area contributed by atoms with Crippen LogP contribution in [0.25, 0.3) is 5.52 Å². The Kier molecular flexibility index (Phi) is 5.01. The number of hydrogen-bond donors (Lipinski definition) is 1. The minimum Gasteiger partial charge on any atom is -0.297 e. The van der Waals surface area contributed by atoms with Crippen molar-refractivity contribution in [2.45, 2.75) is 64.5 Å². The summed E-state index contributed by atoms with van der Waals surface area (Å²) < 4.78 is 1.82. The number of imide groups is 1. The Hall–Kier alpha value is -2.41. The molecule has 5 rings (SSSR count). The zero-order chi connectivity index (χ0) is 20.8. The second-order valence-corrected chi connectivity index (χ2v) is 9.67. The number of hydrogen-bond acceptors (Lipinski definition) is 4. The maximum atomic E-state index is 12.3. The fourth-order valence-electron chi connectivity index (χ4n) is 5.75. The first-order chi connectivity index (χ1) is 14.5. The maximum absolute atomic E-state index is 12.3. The minimum absolute atomic E-state index is 0.216. The highest BCUT2D eigenvalue weighted by molar-refractivity contribution is 6.07. The topological polar surface area (TPSA) is 70.0 Å². The van der Waals surface area contributed by atoms with Crippen LogP contribution in [0, 0.1) is 11.8 Å². The SMILES string of the molecule is CC(C)CN1C2CCC1CC(Cc1ccn3ncc(N4CCC(=O)NC4=O)c3c1)C2. The van der Waals surface area contributed by atoms with E-state index in [0.717, 1.165) is 41.5 Å². The van der Waals surface area contributed by atoms with E-state index >= 15 is 0 Å². The smallest absolute Gasteiger partial charge is 0.297 e. The lowest BCUT2D eigenvalue weighted by molar-refractivity contribution is -0.120. The number of fused-ring (bicyclic) bond motifs is 3. The van der Waals surface area contributed by atoms with Gasteiger partial charge in [-0.25, -0.2) is 9.31 Å². The standard InChI is InChI=1S/C23H31N5O2/c1-15(2)14-27-18-3-4-19(27)11-17(10-18)9-16-5-8-28-20(12-16)21(13-24-28)26-7-6-22(29)25-23(26)30/h5,8,12-13,15,17-19H,3-4,6-7,9-11,14H2,1-2H3,(H,25,29,30). The molecular weight excluding hydrogens is 378 g/mol. The summed E-state index contributed by atoms with van der Waals surface area (Å²) in [5.41, 5.74) is 3.00. The van der Waals surface area contributed by atoms with E-state index in [9.17, 15) is 9.59 Å². The molecule has 3 fully saturated rings. The van der Waals surface area contributed by atoms with E-state index in [1.807, 2.05) is 10.7 Å². The van der Waals surface area contributed by atoms with Gasteiger partial charge in [-0.15, -0.1) is 0 Å². The van der Waals surface area contributed by atoms with Crippen molar-refractivity contribution < 1.29 is 9.59 Å². The first-order valence-corrected chi connectivity index (χ1v) is 11.3. The Balaban J connectivity index is 1.33. The first-order valence-electron chi connectivity index (χ1n) is 11.3. The van der Waals surface area contributed by atoms with Crippen LogP contribution in [0.5, 0.6) is 0 Å². The minimum atomic E-state index is -0.361. The van der Waals surface area contributed by atoms with Crippen molar-refractivity contribution in [1.82, 2.24) is 19.8 Å². The average molecular weight is 410 g/mol. The van der Waals surface area contributed by atoms with Gasteiger partial charge in [0, 0.05) is 37.8 Å². The number of pyridine rings is 1. The second kappa shape index (κ2) is 7.69. The predicted molar refractivity (Wildman–Crippen MR) is 115 cm³/mol. The number of rotatable bonds is 5. The summed E-state index contributed by atoms with van der Waals surface area (Å²) in [6.45, 7) is 6.27. The van der Waals surface area contributed by atoms with Gasteiger partial charge in [-0.2, -0.15) is 5.10 Å². The van der Waals surface area contributed by atoms with Crippen molar-refractivity contribution in [3.63, 3.8) is 0 Å². The Labute approximate surface area is 177 Å². The highest BCUT2D eigenvalue weighted by atomic mass is 16.2. The lowest BCUT2D eigenvalue weighted by Crippen LogP contribution is -2.49. The molecule has 2 atom stereocenters. The molecule has 2 unspecified atom stereocenters. The van der Waals surface area contributed by atoms with Crippen LogP contribution in [-0.4, -0.2) is 51.6 Å². The summed E-state index contributed by atoms with van der Waals surface area (Å²) in [5, 5.41) is 6.81. The fourth-order valence-corrected chi connectivity index (χ4v) is 5.75. The zero-order valence-corrected chi connectivity index (χ0v) is 17.9. The van der Waals surface area contributed by atoms with Crippen molar-refractivity contribution in [1.29, 1.82) is 0 Å². The summed E-state index contributed by atoms with van der Waals surface area (Å²) in [6.07, 6.45) is 10.4. The fraction of sp³-hybridized carbons (Fsp3) is 0.609. The molecule has 0 radical (unpaired) electrons. The number of amides is 3. The van der Waals surface area contributed by atoms with Gasteiger partial charge in [-0.1, -0.05) is 13.8 Å². The summed E-state index contributed by atoms with van der Waals surface area (Å²) in [5.74, 6) is 1.23. The number of aromatic nitrogens is 2. The molecule has 5 heterocycles. The molecule has 7 nitrogen and oxygen atoms in total. The van der Waals surface area contributed by atoms with Crippen LogP contribution in [0.15, 0.2) is 24.5 Å². The average Bonchev–Trinajstić information content (AvgIpc) is 3.19. The molecule has 0 aliphatic carbocycles. The largest absolute Gasteiger partial charge is 0.328 e. The number of anilines is 1. The molecule has 2 aromatic heterocycles. The van der Waals surface area contributed by atoms with E-state index in [0.29, 0.717) is 13.0 Å². The highest BCUT2D eigenvalue weighted by Crippen LogP contribution is 2.40. The van der Waals surface area contributed by atoms with Crippen molar-refractivity contribution in [2.75, 3.05) is 18.0 Å². The molecular formula is C23H31N5O2. The van der Waals surface area contributed by atoms with Gasteiger partial charge < -0.3 is 0 Å². The maximum Gasteiger partial charge on any atom is 0.328 e. The quantitative estimate of drug-likeness (QED) is 0.823. The number of nitrogens with one attached hydrogen (secondary N) is 1. The van der Waals surface area contributed by atoms with Crippen molar-refractivity contribution in [2.24, 2.45) is 11.8 Å². The second-order valence-electron chi connectivity index (χ2n) is 9.67. The molecule has 3 aliphatic rings. The van der Waals surface area contributed by atoms with E-state index in [1.54, 1.807) is 11.1 Å². The van der Waals surface area contributed by atoms with E-state index < -0.39 is 0 Å². The van der Waals surface area contributed by atoms with Crippen LogP contribution >= 0.6 is 0 Å². The molecule has 3 aliphatic heterocycles. The Morgan fingerprint density at radius 3 is 2.67 bits per heavy atom. The molecule has 0 aromatic carbocycles. The van der Waals surface area contributed by atoms with Gasteiger partial charge >= 0.3 is 6.03 Å². The third-order valence-electron chi connectivity index (χ3n) is 6.99. The van der Waals surface area contributed by atoms with E-state index in [-0.39, 0.29) is 11.9 Å². The number of carbonyl (C=O) groups excluding carboxylic acids is 2. The molecule has 3 saturated heterocycles. The molecule has 0 spiro atoms. The predicted octanol–water partition coefficient (Wildman–Crippen LogP) is 3.22. The van der Waals surface area contributed by atoms with Crippen LogP contribution in [0.4, 0.5) is 10.5 Å². The lowest BCUT2D eigenvalue weighted by atomic mass is 9.85. The molecule has 30 heavy (non-hydrogen) atoms. The van der Waals surface area contributed by atoms with Gasteiger partial charge in [0.2, 0.25) is 5.91 Å². The Morgan fingerprint density at radius 2 is 1.97 bits per heavy atom. The van der Waals surface area contributed by atoms with Crippen LogP contribution in [0.2, 0.25) is 0 Å². The third-order valence-corrected chi connectivity index (χ3v) is 6.99. The van der Waals surface area contributed by atoms with Crippen LogP contribution in [-0.2, 0) is 11.2 Å². The Morgan fingerprint density at radius 1 is 1.20 bits per heavy atom. The number of urea groups is 1. The van der Waals surface area contributed by atoms with Crippen molar-refractivity contribution >= 4 is 23.1 Å². The van der Waals surface area contributed by atoms with Gasteiger partial charge in [0.1, 0.15) is 0 Å². The van der Waals surface area contributed by atoms with Gasteiger partial charge in [-0.05, 0) is 61.6 Å². The zero-order valence-electron chi connectivity index (χ0n) is 17.9. The highest BCUT2D eigenvalue weighted by Gasteiger charge is 2.40. The summed E-state index contributed by atoms with van der Waals surface area (Å²) in [4.78, 5) is 28.2. The molecule has 160 valence electrons. The summed E-state index contributed by atoms with van der Waals surface area (Å²) in [7, 11) is 0. The van der Waals surface area contributed by atoms with Crippen molar-refractivity contribution in [3.8, 4) is 0 Å². The summed E-state index contributed by atoms with van der Waals surface area (Å²) in [6, 6.07) is 5.47. The number of carbonyl (C=O) groups is 2. The van der Waals surface area contributed by atoms with Crippen LogP contribution < -0.4 is 10.2 Å². The van der Waals surface area contributed by atoms with E-state index in [2.05, 4.69) is 41.3 Å². The molecule has 2 bridgehead atoms. The van der Waals surface area contributed by atoms with Crippen LogP contribution in [0.1, 0.15) is 51.5 Å². The van der Waals surface area contributed by atoms with Gasteiger partial charge in [-0.3, -0.25) is 19.9 Å². The third kappa shape index (κ3) is 3.60. The molecule has 0 saturated carbocycles. The van der Waals surface area contributed by atoms with Gasteiger partial charge in [0.15, 0.2) is 0 Å². The Bertz CT molecular complexity index is 954. The summed E-state index contributed by atoms with van der Waals surface area (Å²) >= 11 is 0. The molecule has 7 heteroatoms. The van der Waals surface area contributed by atoms with E-state index in [1.165, 1.54) is 37.8 Å².